The van der Waals surface area contributed by atoms with Gasteiger partial charge in [0, 0.05) is 17.8 Å². The maximum atomic E-state index is 10.0. The molecule has 0 aliphatic heterocycles. The number of aliphatic hydroxyl groups excluding tert-OH is 1. The van der Waals surface area contributed by atoms with Crippen molar-refractivity contribution in [1.29, 1.82) is 0 Å². The third kappa shape index (κ3) is 3.25. The summed E-state index contributed by atoms with van der Waals surface area (Å²) in [6, 6.07) is 0. The van der Waals surface area contributed by atoms with Gasteiger partial charge in [0.2, 0.25) is 0 Å². The Hall–Kier alpha value is -0.960. The Bertz CT molecular complexity index is 376. The van der Waals surface area contributed by atoms with Gasteiger partial charge < -0.3 is 5.11 Å². The largest absolute Gasteiger partial charge is 0.393 e. The first-order chi connectivity index (χ1) is 8.16. The van der Waals surface area contributed by atoms with E-state index in [-0.39, 0.29) is 6.10 Å². The van der Waals surface area contributed by atoms with Gasteiger partial charge in [0.05, 0.1) is 6.10 Å². The smallest absolute Gasteiger partial charge is 0.115 e. The number of nitrogens with zero attached hydrogens (tertiary/aromatic N) is 2. The molecule has 0 saturated heterocycles. The van der Waals surface area contributed by atoms with Crippen molar-refractivity contribution in [2.24, 2.45) is 5.92 Å². The summed E-state index contributed by atoms with van der Waals surface area (Å²) in [6.45, 7) is 4.28. The minimum atomic E-state index is -0.268. The lowest BCUT2D eigenvalue weighted by Gasteiger charge is -2.19. The molecule has 2 rings (SSSR count). The fraction of sp³-hybridized carbons (Fsp3) is 0.714. The molecule has 3 heteroatoms. The molecule has 1 aliphatic rings. The van der Waals surface area contributed by atoms with Gasteiger partial charge in [-0.3, -0.25) is 0 Å². The predicted octanol–water partition coefficient (Wildman–Crippen LogP) is 2.30. The van der Waals surface area contributed by atoms with E-state index in [0.717, 1.165) is 25.0 Å². The van der Waals surface area contributed by atoms with Gasteiger partial charge >= 0.3 is 0 Å². The standard InChI is InChI=1S/C14H22N2O/c1-10(2)7-11(17)8-14-12-5-3-4-6-13(12)15-9-16-14/h9-11,17H,3-8H2,1-2H3. The van der Waals surface area contributed by atoms with E-state index >= 15 is 0 Å². The molecule has 94 valence electrons. The van der Waals surface area contributed by atoms with Crippen LogP contribution in [0.4, 0.5) is 0 Å². The van der Waals surface area contributed by atoms with E-state index in [0.29, 0.717) is 12.3 Å². The highest BCUT2D eigenvalue weighted by Crippen LogP contribution is 2.22. The Morgan fingerprint density at radius 2 is 2.00 bits per heavy atom. The van der Waals surface area contributed by atoms with Gasteiger partial charge in [-0.2, -0.15) is 0 Å². The number of aryl methyl sites for hydroxylation is 1. The molecule has 1 heterocycles. The number of hydrogen-bond donors (Lipinski definition) is 1. The van der Waals surface area contributed by atoms with Crippen LogP contribution in [0.2, 0.25) is 0 Å². The normalized spacial score (nSPS) is 16.9. The first-order valence-electron chi connectivity index (χ1n) is 6.66. The number of fused-ring (bicyclic) bond motifs is 1. The van der Waals surface area contributed by atoms with Crippen molar-refractivity contribution in [3.05, 3.63) is 23.3 Å². The van der Waals surface area contributed by atoms with Gasteiger partial charge in [0.25, 0.3) is 0 Å². The Labute approximate surface area is 103 Å². The molecular formula is C14H22N2O. The maximum Gasteiger partial charge on any atom is 0.115 e. The van der Waals surface area contributed by atoms with Crippen molar-refractivity contribution in [3.8, 4) is 0 Å². The average Bonchev–Trinajstić information content (AvgIpc) is 2.28. The van der Waals surface area contributed by atoms with Crippen molar-refractivity contribution in [2.45, 2.75) is 58.5 Å². The van der Waals surface area contributed by atoms with E-state index in [4.69, 9.17) is 0 Å². The molecule has 0 spiro atoms. The van der Waals surface area contributed by atoms with E-state index < -0.39 is 0 Å². The highest BCUT2D eigenvalue weighted by molar-refractivity contribution is 5.27. The molecule has 3 nitrogen and oxygen atoms in total. The summed E-state index contributed by atoms with van der Waals surface area (Å²) in [5, 5.41) is 10.0. The van der Waals surface area contributed by atoms with Crippen LogP contribution < -0.4 is 0 Å². The monoisotopic (exact) mass is 234 g/mol. The molecular weight excluding hydrogens is 212 g/mol. The zero-order valence-electron chi connectivity index (χ0n) is 10.8. The zero-order valence-corrected chi connectivity index (χ0v) is 10.8. The van der Waals surface area contributed by atoms with Crippen molar-refractivity contribution < 1.29 is 5.11 Å². The van der Waals surface area contributed by atoms with E-state index in [1.165, 1.54) is 24.1 Å². The Morgan fingerprint density at radius 3 is 2.76 bits per heavy atom. The van der Waals surface area contributed by atoms with Crippen LogP contribution in [0, 0.1) is 5.92 Å². The second-order valence-electron chi connectivity index (χ2n) is 5.44. The zero-order chi connectivity index (χ0) is 12.3. The third-order valence-electron chi connectivity index (χ3n) is 3.39. The second-order valence-corrected chi connectivity index (χ2v) is 5.44. The van der Waals surface area contributed by atoms with Crippen LogP contribution >= 0.6 is 0 Å². The predicted molar refractivity (Wildman–Crippen MR) is 67.8 cm³/mol. The summed E-state index contributed by atoms with van der Waals surface area (Å²) in [5.41, 5.74) is 3.59. The Morgan fingerprint density at radius 1 is 1.24 bits per heavy atom. The molecule has 17 heavy (non-hydrogen) atoms. The fourth-order valence-corrected chi connectivity index (χ4v) is 2.62. The van der Waals surface area contributed by atoms with E-state index in [1.54, 1.807) is 6.33 Å². The van der Waals surface area contributed by atoms with Crippen molar-refractivity contribution >= 4 is 0 Å². The summed E-state index contributed by atoms with van der Waals surface area (Å²) in [6.07, 6.45) is 7.54. The minimum Gasteiger partial charge on any atom is -0.393 e. The number of aliphatic hydroxyl groups is 1. The molecule has 0 fully saturated rings. The summed E-state index contributed by atoms with van der Waals surface area (Å²) >= 11 is 0. The maximum absolute atomic E-state index is 10.0. The molecule has 1 aromatic heterocycles. The van der Waals surface area contributed by atoms with E-state index in [9.17, 15) is 5.11 Å². The average molecular weight is 234 g/mol. The van der Waals surface area contributed by atoms with Crippen LogP contribution in [-0.2, 0) is 19.3 Å². The van der Waals surface area contributed by atoms with Crippen molar-refractivity contribution in [2.75, 3.05) is 0 Å². The van der Waals surface area contributed by atoms with Crippen LogP contribution in [-0.4, -0.2) is 21.2 Å². The molecule has 0 radical (unpaired) electrons. The lowest BCUT2D eigenvalue weighted by molar-refractivity contribution is 0.147. The summed E-state index contributed by atoms with van der Waals surface area (Å²) in [7, 11) is 0. The Balaban J connectivity index is 2.10. The van der Waals surface area contributed by atoms with Crippen molar-refractivity contribution in [1.82, 2.24) is 9.97 Å². The van der Waals surface area contributed by atoms with Gasteiger partial charge in [0.1, 0.15) is 6.33 Å². The van der Waals surface area contributed by atoms with Crippen LogP contribution in [0.3, 0.4) is 0 Å². The third-order valence-corrected chi connectivity index (χ3v) is 3.39. The first kappa shape index (κ1) is 12.5. The van der Waals surface area contributed by atoms with E-state index in [1.807, 2.05) is 0 Å². The van der Waals surface area contributed by atoms with E-state index in [2.05, 4.69) is 23.8 Å². The second kappa shape index (κ2) is 5.58. The number of hydrogen-bond acceptors (Lipinski definition) is 3. The number of aromatic nitrogens is 2. The molecule has 0 bridgehead atoms. The number of rotatable bonds is 4. The topological polar surface area (TPSA) is 46.0 Å². The fourth-order valence-electron chi connectivity index (χ4n) is 2.62. The van der Waals surface area contributed by atoms with Gasteiger partial charge in [0.15, 0.2) is 0 Å². The first-order valence-corrected chi connectivity index (χ1v) is 6.66. The minimum absolute atomic E-state index is 0.268. The molecule has 0 amide bonds. The molecule has 1 N–H and O–H groups in total. The summed E-state index contributed by atoms with van der Waals surface area (Å²) in [5.74, 6) is 0.530. The summed E-state index contributed by atoms with van der Waals surface area (Å²) < 4.78 is 0. The van der Waals surface area contributed by atoms with Crippen LogP contribution in [0.1, 0.15) is 50.1 Å². The highest BCUT2D eigenvalue weighted by Gasteiger charge is 2.17. The quantitative estimate of drug-likeness (QED) is 0.869. The lowest BCUT2D eigenvalue weighted by atomic mass is 9.92. The molecule has 1 atom stereocenters. The molecule has 0 aromatic carbocycles. The molecule has 0 saturated carbocycles. The summed E-state index contributed by atoms with van der Waals surface area (Å²) in [4.78, 5) is 8.72. The Kier molecular flexibility index (Phi) is 4.11. The van der Waals surface area contributed by atoms with Gasteiger partial charge in [-0.1, -0.05) is 13.8 Å². The SMILES string of the molecule is CC(C)CC(O)Cc1ncnc2c1CCCC2. The highest BCUT2D eigenvalue weighted by atomic mass is 16.3. The van der Waals surface area contributed by atoms with Gasteiger partial charge in [-0.25, -0.2) is 9.97 Å². The van der Waals surface area contributed by atoms with Gasteiger partial charge in [-0.15, -0.1) is 0 Å². The molecule has 1 aliphatic carbocycles. The lowest BCUT2D eigenvalue weighted by Crippen LogP contribution is -2.18. The van der Waals surface area contributed by atoms with Crippen molar-refractivity contribution in [3.63, 3.8) is 0 Å². The van der Waals surface area contributed by atoms with Crippen LogP contribution in [0.25, 0.3) is 0 Å². The van der Waals surface area contributed by atoms with Gasteiger partial charge in [-0.05, 0) is 43.6 Å². The van der Waals surface area contributed by atoms with Crippen LogP contribution in [0.15, 0.2) is 6.33 Å². The molecule has 1 unspecified atom stereocenters. The van der Waals surface area contributed by atoms with Crippen LogP contribution in [0.5, 0.6) is 0 Å². The molecule has 1 aromatic rings.